The molecule has 5 rings (SSSR count). The molecule has 8 nitrogen and oxygen atoms in total. The van der Waals surface area contributed by atoms with Gasteiger partial charge in [0, 0.05) is 20.6 Å². The van der Waals surface area contributed by atoms with Gasteiger partial charge in [-0.1, -0.05) is 75.3 Å². The van der Waals surface area contributed by atoms with E-state index in [0.29, 0.717) is 58.5 Å². The van der Waals surface area contributed by atoms with Crippen LogP contribution in [0.4, 0.5) is 0 Å². The number of hydrogen-bond donors (Lipinski definition) is 0. The first-order valence-corrected chi connectivity index (χ1v) is 16.3. The first kappa shape index (κ1) is 32.5. The van der Waals surface area contributed by atoms with Crippen LogP contribution in [0, 0.1) is 0 Å². The average molecular weight is 712 g/mol. The number of ether oxygens (including phenoxy) is 4. The molecule has 0 saturated carbocycles. The van der Waals surface area contributed by atoms with E-state index in [0.717, 1.165) is 5.56 Å². The van der Waals surface area contributed by atoms with Crippen LogP contribution in [0.5, 0.6) is 17.2 Å². The molecular weight excluding hydrogens is 680 g/mol. The maximum atomic E-state index is 14.2. The number of benzene rings is 3. The van der Waals surface area contributed by atoms with Crippen molar-refractivity contribution in [1.82, 2.24) is 4.57 Å². The number of aromatic nitrogens is 1. The number of methoxy groups -OCH3 is 1. The third-order valence-corrected chi connectivity index (χ3v) is 9.04. The summed E-state index contributed by atoms with van der Waals surface area (Å²) in [6.07, 6.45) is 1.65. The monoisotopic (exact) mass is 710 g/mol. The number of fused-ring (bicyclic) bond motifs is 1. The molecule has 1 aliphatic rings. The van der Waals surface area contributed by atoms with Crippen LogP contribution in [0.3, 0.4) is 0 Å². The summed E-state index contributed by atoms with van der Waals surface area (Å²) in [5, 5.41) is 0.612. The Bertz CT molecular complexity index is 1970. The highest BCUT2D eigenvalue weighted by atomic mass is 79.9. The summed E-state index contributed by atoms with van der Waals surface area (Å²) in [6.45, 7) is 7.79. The third kappa shape index (κ3) is 6.88. The number of carbonyl (C=O) groups excluding carboxylic acids is 1. The Labute approximate surface area is 278 Å². The highest BCUT2D eigenvalue weighted by molar-refractivity contribution is 9.10. The van der Waals surface area contributed by atoms with Crippen LogP contribution in [0.15, 0.2) is 86.2 Å². The van der Waals surface area contributed by atoms with Crippen LogP contribution in [-0.4, -0.2) is 30.4 Å². The van der Waals surface area contributed by atoms with Gasteiger partial charge in [0.15, 0.2) is 16.3 Å². The van der Waals surface area contributed by atoms with Crippen molar-refractivity contribution in [2.45, 2.75) is 46.4 Å². The van der Waals surface area contributed by atoms with Gasteiger partial charge in [0.1, 0.15) is 18.4 Å². The van der Waals surface area contributed by atoms with E-state index in [1.54, 1.807) is 43.7 Å². The predicted molar refractivity (Wildman–Crippen MR) is 179 cm³/mol. The Hall–Kier alpha value is -3.86. The summed E-state index contributed by atoms with van der Waals surface area (Å²) in [4.78, 5) is 32.6. The predicted octanol–water partition coefficient (Wildman–Crippen LogP) is 6.59. The molecule has 1 aliphatic heterocycles. The van der Waals surface area contributed by atoms with E-state index < -0.39 is 12.0 Å². The van der Waals surface area contributed by atoms with E-state index in [1.165, 1.54) is 11.3 Å². The fourth-order valence-electron chi connectivity index (χ4n) is 5.00. The maximum Gasteiger partial charge on any atom is 0.338 e. The smallest absolute Gasteiger partial charge is 0.338 e. The van der Waals surface area contributed by atoms with Crippen molar-refractivity contribution in [2.24, 2.45) is 4.99 Å². The summed E-state index contributed by atoms with van der Waals surface area (Å²) in [7, 11) is 1.56. The van der Waals surface area contributed by atoms with Gasteiger partial charge in [-0.15, -0.1) is 0 Å². The molecule has 0 spiro atoms. The Kier molecular flexibility index (Phi) is 10.2. The summed E-state index contributed by atoms with van der Waals surface area (Å²) in [5.41, 5.74) is 2.67. The van der Waals surface area contributed by atoms with Gasteiger partial charge >= 0.3 is 5.97 Å². The highest BCUT2D eigenvalue weighted by Crippen LogP contribution is 2.37. The van der Waals surface area contributed by atoms with E-state index in [-0.39, 0.29) is 24.9 Å². The van der Waals surface area contributed by atoms with Crippen molar-refractivity contribution >= 4 is 50.9 Å². The molecule has 45 heavy (non-hydrogen) atoms. The van der Waals surface area contributed by atoms with Crippen molar-refractivity contribution in [2.75, 3.05) is 13.7 Å². The second-order valence-electron chi connectivity index (χ2n) is 10.4. The van der Waals surface area contributed by atoms with E-state index >= 15 is 0 Å². The third-order valence-electron chi connectivity index (χ3n) is 7.00. The van der Waals surface area contributed by atoms with E-state index in [2.05, 4.69) is 20.9 Å². The molecule has 0 fully saturated rings. The number of thiazole rings is 1. The molecule has 2 heterocycles. The van der Waals surface area contributed by atoms with Gasteiger partial charge in [-0.2, -0.15) is 0 Å². The van der Waals surface area contributed by atoms with Crippen LogP contribution in [0.2, 0.25) is 5.02 Å². The van der Waals surface area contributed by atoms with Gasteiger partial charge in [0.05, 0.1) is 35.6 Å². The summed E-state index contributed by atoms with van der Waals surface area (Å²) < 4.78 is 25.9. The number of rotatable bonds is 10. The van der Waals surface area contributed by atoms with Gasteiger partial charge in [0.25, 0.3) is 5.56 Å². The normalized spacial score (nSPS) is 14.7. The Morgan fingerprint density at radius 3 is 2.56 bits per heavy atom. The molecule has 0 amide bonds. The van der Waals surface area contributed by atoms with Crippen molar-refractivity contribution in [3.05, 3.63) is 118 Å². The molecule has 1 atom stereocenters. The molecule has 0 N–H and O–H groups in total. The minimum atomic E-state index is -0.795. The average Bonchev–Trinajstić information content (AvgIpc) is 3.31. The summed E-state index contributed by atoms with van der Waals surface area (Å²) in [5.74, 6) is 1.04. The van der Waals surface area contributed by atoms with Crippen molar-refractivity contribution < 1.29 is 23.7 Å². The van der Waals surface area contributed by atoms with Crippen molar-refractivity contribution in [3.8, 4) is 17.2 Å². The standard InChI is InChI=1S/C34H32BrClN2O6S/c1-6-42-33(40)30-20(4)37-34-38(31(30)23-12-8-10-14-26(23)44-19(2)3)32(39)29(45-34)16-22-15-27(41-5)28(17-24(22)35)43-18-21-11-7-9-13-25(21)36/h7-17,19,31H,6,18H2,1-5H3/b29-16+/t31-/m0/s1. The SMILES string of the molecule is CCOC(=O)C1=C(C)N=c2s/c(=C/c3cc(OC)c(OCc4ccccc4Cl)cc3Br)c(=O)n2[C@H]1c1ccccc1OC(C)C. The first-order chi connectivity index (χ1) is 21.6. The molecule has 0 unspecified atom stereocenters. The summed E-state index contributed by atoms with van der Waals surface area (Å²) >= 11 is 11.2. The number of halogens is 2. The van der Waals surface area contributed by atoms with Crippen LogP contribution >= 0.6 is 38.9 Å². The van der Waals surface area contributed by atoms with Crippen LogP contribution < -0.4 is 29.1 Å². The lowest BCUT2D eigenvalue weighted by atomic mass is 9.95. The molecule has 1 aromatic heterocycles. The van der Waals surface area contributed by atoms with Crippen molar-refractivity contribution in [1.29, 1.82) is 0 Å². The second-order valence-corrected chi connectivity index (χ2v) is 12.7. The molecule has 0 radical (unpaired) electrons. The topological polar surface area (TPSA) is 88.4 Å². The highest BCUT2D eigenvalue weighted by Gasteiger charge is 2.35. The molecular formula is C34H32BrClN2O6S. The van der Waals surface area contributed by atoms with E-state index in [9.17, 15) is 9.59 Å². The van der Waals surface area contributed by atoms with Crippen LogP contribution in [0.25, 0.3) is 6.08 Å². The lowest BCUT2D eigenvalue weighted by Gasteiger charge is -2.26. The molecule has 3 aromatic carbocycles. The fourth-order valence-corrected chi connectivity index (χ4v) is 6.66. The number of nitrogens with zero attached hydrogens (tertiary/aromatic N) is 2. The molecule has 234 valence electrons. The lowest BCUT2D eigenvalue weighted by molar-refractivity contribution is -0.139. The second kappa shape index (κ2) is 14.1. The molecule has 0 bridgehead atoms. The first-order valence-electron chi connectivity index (χ1n) is 14.3. The number of para-hydroxylation sites is 1. The lowest BCUT2D eigenvalue weighted by Crippen LogP contribution is -2.40. The quantitative estimate of drug-likeness (QED) is 0.173. The molecule has 0 saturated heterocycles. The largest absolute Gasteiger partial charge is 0.493 e. The van der Waals surface area contributed by atoms with E-state index in [1.807, 2.05) is 62.4 Å². The zero-order valence-electron chi connectivity index (χ0n) is 25.4. The van der Waals surface area contributed by atoms with Gasteiger partial charge in [-0.25, -0.2) is 9.79 Å². The van der Waals surface area contributed by atoms with Crippen molar-refractivity contribution in [3.63, 3.8) is 0 Å². The number of carbonyl (C=O) groups is 1. The Morgan fingerprint density at radius 1 is 1.11 bits per heavy atom. The fraction of sp³-hybridized carbons (Fsp3) is 0.265. The molecule has 11 heteroatoms. The van der Waals surface area contributed by atoms with Crippen LogP contribution in [-0.2, 0) is 16.1 Å². The van der Waals surface area contributed by atoms with Gasteiger partial charge < -0.3 is 18.9 Å². The van der Waals surface area contributed by atoms with Gasteiger partial charge in [-0.3, -0.25) is 9.36 Å². The van der Waals surface area contributed by atoms with Crippen LogP contribution in [0.1, 0.15) is 50.4 Å². The number of esters is 1. The Morgan fingerprint density at radius 2 is 1.84 bits per heavy atom. The minimum absolute atomic E-state index is 0.123. The zero-order valence-corrected chi connectivity index (χ0v) is 28.6. The number of hydrogen-bond acceptors (Lipinski definition) is 8. The molecule has 0 aliphatic carbocycles. The Balaban J connectivity index is 1.61. The number of allylic oxidation sites excluding steroid dienone is 1. The van der Waals surface area contributed by atoms with Gasteiger partial charge in [-0.05, 0) is 63.6 Å². The maximum absolute atomic E-state index is 14.2. The van der Waals surface area contributed by atoms with E-state index in [4.69, 9.17) is 30.5 Å². The van der Waals surface area contributed by atoms with Gasteiger partial charge in [0.2, 0.25) is 0 Å². The summed E-state index contributed by atoms with van der Waals surface area (Å²) in [6, 6.07) is 17.7. The zero-order chi connectivity index (χ0) is 32.2. The molecule has 4 aromatic rings. The minimum Gasteiger partial charge on any atom is -0.493 e.